The van der Waals surface area contributed by atoms with Gasteiger partial charge < -0.3 is 14.8 Å². The molecule has 2 rings (SSSR count). The molecule has 108 valence electrons. The predicted molar refractivity (Wildman–Crippen MR) is 74.8 cm³/mol. The summed E-state index contributed by atoms with van der Waals surface area (Å²) in [5.74, 6) is 1.04. The Morgan fingerprint density at radius 1 is 1.25 bits per heavy atom. The van der Waals surface area contributed by atoms with Gasteiger partial charge in [0.2, 0.25) is 10.0 Å². The quantitative estimate of drug-likeness (QED) is 0.778. The van der Waals surface area contributed by atoms with E-state index in [0.29, 0.717) is 28.8 Å². The smallest absolute Gasteiger partial charge is 0.238 e. The van der Waals surface area contributed by atoms with Gasteiger partial charge in [-0.3, -0.25) is 0 Å². The van der Waals surface area contributed by atoms with Crippen molar-refractivity contribution < 1.29 is 17.9 Å². The normalized spacial score (nSPS) is 11.6. The Morgan fingerprint density at radius 3 is 2.55 bits per heavy atom. The first-order chi connectivity index (χ1) is 9.40. The van der Waals surface area contributed by atoms with Crippen LogP contribution in [0.3, 0.4) is 0 Å². The van der Waals surface area contributed by atoms with Gasteiger partial charge in [0.15, 0.2) is 0 Å². The van der Waals surface area contributed by atoms with Crippen LogP contribution in [0.4, 0.5) is 5.69 Å². The fourth-order valence-electron chi connectivity index (χ4n) is 1.60. The van der Waals surface area contributed by atoms with Crippen LogP contribution in [-0.2, 0) is 23.2 Å². The van der Waals surface area contributed by atoms with Gasteiger partial charge in [-0.05, 0) is 30.3 Å². The number of aliphatic hydroxyl groups excluding tert-OH is 1. The largest absolute Gasteiger partial charge is 0.462 e. The molecule has 0 amide bonds. The van der Waals surface area contributed by atoms with E-state index in [-0.39, 0.29) is 11.5 Å². The average Bonchev–Trinajstić information content (AvgIpc) is 2.84. The molecule has 20 heavy (non-hydrogen) atoms. The summed E-state index contributed by atoms with van der Waals surface area (Å²) >= 11 is 5.98. The molecule has 0 saturated carbocycles. The number of nitrogens with one attached hydrogen (secondary N) is 1. The van der Waals surface area contributed by atoms with Crippen LogP contribution in [0.1, 0.15) is 11.5 Å². The second-order valence-corrected chi connectivity index (χ2v) is 6.03. The third kappa shape index (κ3) is 3.51. The molecule has 0 fully saturated rings. The summed E-state index contributed by atoms with van der Waals surface area (Å²) in [5, 5.41) is 17.3. The Kier molecular flexibility index (Phi) is 4.34. The highest BCUT2D eigenvalue weighted by Gasteiger charge is 2.11. The molecule has 8 heteroatoms. The van der Waals surface area contributed by atoms with Crippen molar-refractivity contribution in [2.75, 3.05) is 5.32 Å². The number of rotatable bonds is 5. The van der Waals surface area contributed by atoms with Gasteiger partial charge in [0.1, 0.15) is 18.1 Å². The summed E-state index contributed by atoms with van der Waals surface area (Å²) < 4.78 is 27.8. The van der Waals surface area contributed by atoms with Crippen molar-refractivity contribution in [3.8, 4) is 0 Å². The number of aliphatic hydroxyl groups is 1. The monoisotopic (exact) mass is 316 g/mol. The number of halogens is 1. The Balaban J connectivity index is 2.16. The third-order valence-corrected chi connectivity index (χ3v) is 3.83. The van der Waals surface area contributed by atoms with Gasteiger partial charge in [-0.15, -0.1) is 0 Å². The molecule has 6 nitrogen and oxygen atoms in total. The zero-order chi connectivity index (χ0) is 14.8. The van der Waals surface area contributed by atoms with Gasteiger partial charge in [-0.2, -0.15) is 0 Å². The maximum Gasteiger partial charge on any atom is 0.238 e. The maximum absolute atomic E-state index is 11.3. The van der Waals surface area contributed by atoms with Crippen LogP contribution < -0.4 is 10.5 Å². The maximum atomic E-state index is 11.3. The summed E-state index contributed by atoms with van der Waals surface area (Å²) in [6.07, 6.45) is 0. The minimum Gasteiger partial charge on any atom is -0.462 e. The zero-order valence-electron chi connectivity index (χ0n) is 10.3. The second kappa shape index (κ2) is 5.84. The van der Waals surface area contributed by atoms with Crippen LogP contribution in [0.15, 0.2) is 39.6 Å². The van der Waals surface area contributed by atoms with E-state index in [9.17, 15) is 8.42 Å². The lowest BCUT2D eigenvalue weighted by Crippen LogP contribution is -2.12. The fourth-order valence-corrected chi connectivity index (χ4v) is 2.33. The van der Waals surface area contributed by atoms with E-state index in [0.717, 1.165) is 0 Å². The van der Waals surface area contributed by atoms with Crippen molar-refractivity contribution >= 4 is 27.3 Å². The summed E-state index contributed by atoms with van der Waals surface area (Å²) in [5.41, 5.74) is 0.431. The molecule has 0 saturated heterocycles. The van der Waals surface area contributed by atoms with E-state index >= 15 is 0 Å². The van der Waals surface area contributed by atoms with Crippen molar-refractivity contribution in [2.45, 2.75) is 18.0 Å². The summed E-state index contributed by atoms with van der Waals surface area (Å²) in [6.45, 7) is 0.120. The van der Waals surface area contributed by atoms with Crippen molar-refractivity contribution in [3.05, 3.63) is 46.9 Å². The first-order valence-electron chi connectivity index (χ1n) is 5.65. The summed E-state index contributed by atoms with van der Waals surface area (Å²) in [7, 11) is -3.78. The van der Waals surface area contributed by atoms with Crippen molar-refractivity contribution in [2.24, 2.45) is 5.14 Å². The topological polar surface area (TPSA) is 106 Å². The van der Waals surface area contributed by atoms with Gasteiger partial charge >= 0.3 is 0 Å². The number of hydrogen-bond acceptors (Lipinski definition) is 5. The van der Waals surface area contributed by atoms with E-state index < -0.39 is 10.0 Å². The molecular formula is C12H13ClN2O4S. The molecule has 1 aromatic carbocycles. The van der Waals surface area contributed by atoms with Gasteiger partial charge in [0, 0.05) is 0 Å². The summed E-state index contributed by atoms with van der Waals surface area (Å²) in [4.78, 5) is -0.0279. The SMILES string of the molecule is NS(=O)(=O)c1ccc(Cl)c(NCc2ccc(CO)o2)c1. The molecule has 0 atom stereocenters. The molecule has 4 N–H and O–H groups in total. The number of hydrogen-bond donors (Lipinski definition) is 3. The van der Waals surface area contributed by atoms with Crippen LogP contribution in [0.25, 0.3) is 0 Å². The average molecular weight is 317 g/mol. The molecule has 0 aliphatic carbocycles. The fraction of sp³-hybridized carbons (Fsp3) is 0.167. The lowest BCUT2D eigenvalue weighted by Gasteiger charge is -2.08. The first-order valence-corrected chi connectivity index (χ1v) is 7.57. The highest BCUT2D eigenvalue weighted by atomic mass is 35.5. The molecule has 1 aromatic heterocycles. The van der Waals surface area contributed by atoms with Gasteiger partial charge in [0.25, 0.3) is 0 Å². The molecule has 2 aromatic rings. The Hall–Kier alpha value is -1.54. The molecule has 0 radical (unpaired) electrons. The van der Waals surface area contributed by atoms with Crippen LogP contribution in [0, 0.1) is 0 Å². The molecular weight excluding hydrogens is 304 g/mol. The number of furan rings is 1. The lowest BCUT2D eigenvalue weighted by atomic mass is 10.3. The zero-order valence-corrected chi connectivity index (χ0v) is 11.9. The van der Waals surface area contributed by atoms with Crippen LogP contribution >= 0.6 is 11.6 Å². The molecule has 0 bridgehead atoms. The lowest BCUT2D eigenvalue weighted by molar-refractivity contribution is 0.244. The number of benzene rings is 1. The van der Waals surface area contributed by atoms with Gasteiger partial charge in [-0.25, -0.2) is 13.6 Å². The Morgan fingerprint density at radius 2 is 1.95 bits per heavy atom. The standard InChI is InChI=1S/C12H13ClN2O4S/c13-11-4-3-10(20(14,17)18)5-12(11)15-6-8-1-2-9(7-16)19-8/h1-5,15-16H,6-7H2,(H2,14,17,18). The molecule has 0 aliphatic heterocycles. The Labute approximate surface area is 121 Å². The minimum atomic E-state index is -3.78. The Bertz CT molecular complexity index is 712. The van der Waals surface area contributed by atoms with Crippen LogP contribution in [0.5, 0.6) is 0 Å². The van der Waals surface area contributed by atoms with E-state index in [1.165, 1.54) is 18.2 Å². The first kappa shape index (κ1) is 14.9. The van der Waals surface area contributed by atoms with E-state index in [2.05, 4.69) is 5.32 Å². The number of anilines is 1. The number of nitrogens with two attached hydrogens (primary N) is 1. The van der Waals surface area contributed by atoms with Crippen LogP contribution in [-0.4, -0.2) is 13.5 Å². The molecule has 0 aliphatic rings. The van der Waals surface area contributed by atoms with Crippen molar-refractivity contribution in [3.63, 3.8) is 0 Å². The van der Waals surface area contributed by atoms with E-state index in [4.69, 9.17) is 26.3 Å². The predicted octanol–water partition coefficient (Wildman–Crippen LogP) is 1.68. The molecule has 0 unspecified atom stereocenters. The number of primary sulfonamides is 1. The second-order valence-electron chi connectivity index (χ2n) is 4.07. The molecule has 1 heterocycles. The molecule has 0 spiro atoms. The minimum absolute atomic E-state index is 0.0279. The number of sulfonamides is 1. The third-order valence-electron chi connectivity index (χ3n) is 2.59. The van der Waals surface area contributed by atoms with Gasteiger partial charge in [-0.1, -0.05) is 11.6 Å². The van der Waals surface area contributed by atoms with Crippen molar-refractivity contribution in [1.29, 1.82) is 0 Å². The van der Waals surface area contributed by atoms with Crippen molar-refractivity contribution in [1.82, 2.24) is 0 Å². The van der Waals surface area contributed by atoms with Crippen LogP contribution in [0.2, 0.25) is 5.02 Å². The summed E-state index contributed by atoms with van der Waals surface area (Å²) in [6, 6.07) is 7.49. The van der Waals surface area contributed by atoms with E-state index in [1.54, 1.807) is 12.1 Å². The highest BCUT2D eigenvalue weighted by molar-refractivity contribution is 7.89. The van der Waals surface area contributed by atoms with Gasteiger partial charge in [0.05, 0.1) is 22.2 Å². The highest BCUT2D eigenvalue weighted by Crippen LogP contribution is 2.25. The van der Waals surface area contributed by atoms with E-state index in [1.807, 2.05) is 0 Å².